The number of hydrogen-bond acceptors (Lipinski definition) is 5. The molecule has 22 heavy (non-hydrogen) atoms. The van der Waals surface area contributed by atoms with Crippen molar-refractivity contribution in [2.75, 3.05) is 13.7 Å². The quantitative estimate of drug-likeness (QED) is 0.655. The summed E-state index contributed by atoms with van der Waals surface area (Å²) in [6.07, 6.45) is -0.975. The lowest BCUT2D eigenvalue weighted by atomic mass is 10.1. The van der Waals surface area contributed by atoms with Crippen LogP contribution in [-0.2, 0) is 0 Å². The van der Waals surface area contributed by atoms with E-state index in [4.69, 9.17) is 9.47 Å². The zero-order valence-electron chi connectivity index (χ0n) is 11.7. The molecular formula is C15H14FNO5. The second-order valence-corrected chi connectivity index (χ2v) is 4.51. The topological polar surface area (TPSA) is 81.8 Å². The second-order valence-electron chi connectivity index (χ2n) is 4.51. The van der Waals surface area contributed by atoms with E-state index in [1.807, 2.05) is 0 Å². The van der Waals surface area contributed by atoms with Gasteiger partial charge in [-0.3, -0.25) is 10.1 Å². The summed E-state index contributed by atoms with van der Waals surface area (Å²) in [5.74, 6) is -0.216. The van der Waals surface area contributed by atoms with Crippen LogP contribution in [0.5, 0.6) is 11.5 Å². The van der Waals surface area contributed by atoms with Crippen molar-refractivity contribution in [2.45, 2.75) is 6.10 Å². The normalized spacial score (nSPS) is 11.8. The Morgan fingerprint density at radius 2 is 2.05 bits per heavy atom. The van der Waals surface area contributed by atoms with Gasteiger partial charge in [0.25, 0.3) is 5.69 Å². The molecule has 1 atom stereocenters. The number of halogens is 1. The highest BCUT2D eigenvalue weighted by Gasteiger charge is 2.13. The molecule has 0 fully saturated rings. The maximum Gasteiger partial charge on any atom is 0.276 e. The maximum atomic E-state index is 13.3. The second kappa shape index (κ2) is 6.86. The lowest BCUT2D eigenvalue weighted by Crippen LogP contribution is -2.10. The van der Waals surface area contributed by atoms with Crippen molar-refractivity contribution in [3.05, 3.63) is 64.0 Å². The van der Waals surface area contributed by atoms with Gasteiger partial charge < -0.3 is 14.6 Å². The third-order valence-corrected chi connectivity index (χ3v) is 2.95. The first kappa shape index (κ1) is 15.7. The first-order chi connectivity index (χ1) is 10.5. The van der Waals surface area contributed by atoms with Crippen molar-refractivity contribution in [1.29, 1.82) is 0 Å². The van der Waals surface area contributed by atoms with Gasteiger partial charge in [-0.2, -0.15) is 0 Å². The molecule has 0 radical (unpaired) electrons. The Kier molecular flexibility index (Phi) is 4.90. The summed E-state index contributed by atoms with van der Waals surface area (Å²) < 4.78 is 23.6. The van der Waals surface area contributed by atoms with Gasteiger partial charge in [0, 0.05) is 6.07 Å². The number of nitro groups is 1. The molecule has 0 aliphatic rings. The third-order valence-electron chi connectivity index (χ3n) is 2.95. The molecule has 0 heterocycles. The molecule has 0 aromatic heterocycles. The van der Waals surface area contributed by atoms with Gasteiger partial charge in [0.1, 0.15) is 30.0 Å². The van der Waals surface area contributed by atoms with Crippen LogP contribution in [0.4, 0.5) is 10.1 Å². The van der Waals surface area contributed by atoms with E-state index in [2.05, 4.69) is 0 Å². The SMILES string of the molecule is COc1cccc(C(O)COc2cc(F)cc([N+](=O)[O-])c2)c1. The van der Waals surface area contributed by atoms with Crippen LogP contribution >= 0.6 is 0 Å². The summed E-state index contributed by atoms with van der Waals surface area (Å²) in [5.41, 5.74) is 0.149. The number of benzene rings is 2. The van der Waals surface area contributed by atoms with Crippen LogP contribution in [0.3, 0.4) is 0 Å². The van der Waals surface area contributed by atoms with E-state index < -0.39 is 22.5 Å². The molecule has 0 saturated heterocycles. The molecule has 2 aromatic carbocycles. The Morgan fingerprint density at radius 1 is 1.27 bits per heavy atom. The first-order valence-electron chi connectivity index (χ1n) is 6.39. The standard InChI is InChI=1S/C15H14FNO5/c1-21-13-4-2-3-10(5-13)15(18)9-22-14-7-11(16)6-12(8-14)17(19)20/h2-8,15,18H,9H2,1H3. The van der Waals surface area contributed by atoms with Gasteiger partial charge in [-0.25, -0.2) is 4.39 Å². The van der Waals surface area contributed by atoms with Gasteiger partial charge in [-0.05, 0) is 17.7 Å². The number of hydrogen-bond donors (Lipinski definition) is 1. The number of nitro benzene ring substituents is 1. The van der Waals surface area contributed by atoms with E-state index in [0.29, 0.717) is 11.3 Å². The van der Waals surface area contributed by atoms with Gasteiger partial charge >= 0.3 is 0 Å². The predicted molar refractivity (Wildman–Crippen MR) is 76.5 cm³/mol. The van der Waals surface area contributed by atoms with Crippen molar-refractivity contribution in [3.63, 3.8) is 0 Å². The molecule has 0 saturated carbocycles. The molecule has 2 aromatic rings. The summed E-state index contributed by atoms with van der Waals surface area (Å²) in [6.45, 7) is -0.173. The van der Waals surface area contributed by atoms with Gasteiger partial charge in [-0.15, -0.1) is 0 Å². The zero-order valence-corrected chi connectivity index (χ0v) is 11.7. The zero-order chi connectivity index (χ0) is 16.1. The molecule has 0 amide bonds. The highest BCUT2D eigenvalue weighted by atomic mass is 19.1. The van der Waals surface area contributed by atoms with Crippen molar-refractivity contribution in [1.82, 2.24) is 0 Å². The number of methoxy groups -OCH3 is 1. The number of ether oxygens (including phenoxy) is 2. The Hall–Kier alpha value is -2.67. The third kappa shape index (κ3) is 3.92. The molecule has 7 heteroatoms. The lowest BCUT2D eigenvalue weighted by Gasteiger charge is -2.13. The van der Waals surface area contributed by atoms with Crippen LogP contribution in [0, 0.1) is 15.9 Å². The number of aliphatic hydroxyl groups is 1. The van der Waals surface area contributed by atoms with Crippen molar-refractivity contribution in [3.8, 4) is 11.5 Å². The van der Waals surface area contributed by atoms with E-state index in [-0.39, 0.29) is 12.4 Å². The minimum atomic E-state index is -0.975. The van der Waals surface area contributed by atoms with Gasteiger partial charge in [0.05, 0.1) is 24.2 Å². The molecule has 0 aliphatic carbocycles. The highest BCUT2D eigenvalue weighted by Crippen LogP contribution is 2.24. The van der Waals surface area contributed by atoms with E-state index in [1.54, 1.807) is 24.3 Å². The first-order valence-corrected chi connectivity index (χ1v) is 6.39. The minimum Gasteiger partial charge on any atom is -0.497 e. The number of aliphatic hydroxyl groups excluding tert-OH is 1. The van der Waals surface area contributed by atoms with E-state index in [1.165, 1.54) is 7.11 Å². The molecular weight excluding hydrogens is 293 g/mol. The average molecular weight is 307 g/mol. The molecule has 2 rings (SSSR count). The van der Waals surface area contributed by atoms with Crippen LogP contribution in [0.1, 0.15) is 11.7 Å². The van der Waals surface area contributed by atoms with Gasteiger partial charge in [-0.1, -0.05) is 12.1 Å². The smallest absolute Gasteiger partial charge is 0.276 e. The van der Waals surface area contributed by atoms with Crippen LogP contribution < -0.4 is 9.47 Å². The van der Waals surface area contributed by atoms with Crippen molar-refractivity contribution in [2.24, 2.45) is 0 Å². The summed E-state index contributed by atoms with van der Waals surface area (Å²) in [7, 11) is 1.51. The monoisotopic (exact) mass is 307 g/mol. The fourth-order valence-corrected chi connectivity index (χ4v) is 1.86. The maximum absolute atomic E-state index is 13.3. The van der Waals surface area contributed by atoms with Crippen LogP contribution in [-0.4, -0.2) is 23.7 Å². The Labute approximate surface area is 125 Å². The molecule has 0 spiro atoms. The predicted octanol–water partition coefficient (Wildman–Crippen LogP) is 2.85. The molecule has 1 unspecified atom stereocenters. The Balaban J connectivity index is 2.07. The van der Waals surface area contributed by atoms with E-state index >= 15 is 0 Å². The number of rotatable bonds is 6. The number of nitrogens with zero attached hydrogens (tertiary/aromatic N) is 1. The molecule has 116 valence electrons. The van der Waals surface area contributed by atoms with E-state index in [9.17, 15) is 19.6 Å². The average Bonchev–Trinajstić information content (AvgIpc) is 2.52. The van der Waals surface area contributed by atoms with Gasteiger partial charge in [0.2, 0.25) is 0 Å². The lowest BCUT2D eigenvalue weighted by molar-refractivity contribution is -0.385. The largest absolute Gasteiger partial charge is 0.497 e. The summed E-state index contributed by atoms with van der Waals surface area (Å²) in [4.78, 5) is 9.94. The summed E-state index contributed by atoms with van der Waals surface area (Å²) in [5, 5.41) is 20.7. The molecule has 0 aliphatic heterocycles. The molecule has 1 N–H and O–H groups in total. The summed E-state index contributed by atoms with van der Waals surface area (Å²) in [6, 6.07) is 9.68. The fourth-order valence-electron chi connectivity index (χ4n) is 1.86. The van der Waals surface area contributed by atoms with Crippen LogP contribution in [0.15, 0.2) is 42.5 Å². The van der Waals surface area contributed by atoms with E-state index in [0.717, 1.165) is 18.2 Å². The van der Waals surface area contributed by atoms with Crippen molar-refractivity contribution >= 4 is 5.69 Å². The summed E-state index contributed by atoms with van der Waals surface area (Å²) >= 11 is 0. The Morgan fingerprint density at radius 3 is 2.73 bits per heavy atom. The fraction of sp³-hybridized carbons (Fsp3) is 0.200. The van der Waals surface area contributed by atoms with Crippen LogP contribution in [0.2, 0.25) is 0 Å². The number of non-ortho nitro benzene ring substituents is 1. The molecule has 0 bridgehead atoms. The van der Waals surface area contributed by atoms with Crippen LogP contribution in [0.25, 0.3) is 0 Å². The highest BCUT2D eigenvalue weighted by molar-refractivity contribution is 5.39. The molecule has 6 nitrogen and oxygen atoms in total. The minimum absolute atomic E-state index is 0.0198. The Bertz CT molecular complexity index is 677. The van der Waals surface area contributed by atoms with Crippen molar-refractivity contribution < 1.29 is 23.9 Å². The van der Waals surface area contributed by atoms with Gasteiger partial charge in [0.15, 0.2) is 0 Å².